The van der Waals surface area contributed by atoms with Gasteiger partial charge in [-0.05, 0) is 29.6 Å². The maximum atomic E-state index is 12.8. The number of halogens is 5. The van der Waals surface area contributed by atoms with Crippen LogP contribution in [0.5, 0.6) is 0 Å². The number of hydrogen-bond donors (Lipinski definition) is 1. The smallest absolute Gasteiger partial charge is 0.322 e. The molecule has 5 nitrogen and oxygen atoms in total. The molecule has 0 saturated heterocycles. The van der Waals surface area contributed by atoms with Crippen molar-refractivity contribution in [3.8, 4) is 10.8 Å². The molecule has 25 heavy (non-hydrogen) atoms. The average molecular weight is 397 g/mol. The molecule has 0 atom stereocenters. The maximum Gasteiger partial charge on any atom is 0.322 e. The monoisotopic (exact) mass is 397 g/mol. The Morgan fingerprint density at radius 3 is 2.48 bits per heavy atom. The molecule has 3 aromatic rings. The minimum absolute atomic E-state index is 0.0768. The molecule has 0 unspecified atom stereocenters. The van der Waals surface area contributed by atoms with Crippen LogP contribution in [0.1, 0.15) is 10.4 Å². The summed E-state index contributed by atoms with van der Waals surface area (Å²) in [5.41, 5.74) is -0.623. The Morgan fingerprint density at radius 2 is 1.84 bits per heavy atom. The normalized spacial score (nSPS) is 14.6. The van der Waals surface area contributed by atoms with Crippen LogP contribution in [-0.4, -0.2) is 16.1 Å². The minimum atomic E-state index is -9.88. The third-order valence-electron chi connectivity index (χ3n) is 2.92. The molecule has 0 spiro atoms. The molecule has 134 valence electrons. The number of carbonyl (C=O) groups is 1. The molecule has 1 aromatic carbocycles. The molecule has 0 radical (unpaired) electrons. The first-order chi connectivity index (χ1) is 11.4. The van der Waals surface area contributed by atoms with Gasteiger partial charge in [0.25, 0.3) is 11.8 Å². The Bertz CT molecular complexity index is 939. The van der Waals surface area contributed by atoms with Gasteiger partial charge in [-0.2, -0.15) is 0 Å². The largest absolute Gasteiger partial charge is 0.402 e. The number of carbonyl (C=O) groups excluding carboxylic acids is 1. The fourth-order valence-electron chi connectivity index (χ4n) is 1.82. The predicted molar refractivity (Wildman–Crippen MR) is 83.4 cm³/mol. The Hall–Kier alpha value is -2.47. The summed E-state index contributed by atoms with van der Waals surface area (Å²) < 4.78 is 69.2. The molecular formula is C13H8F5N3O2S2. The zero-order valence-corrected chi connectivity index (χ0v) is 13.6. The highest BCUT2D eigenvalue weighted by atomic mass is 32.5. The van der Waals surface area contributed by atoms with Gasteiger partial charge in [-0.25, -0.2) is 0 Å². The molecule has 0 bridgehead atoms. The summed E-state index contributed by atoms with van der Waals surface area (Å²) in [4.78, 5) is 10.4. The Labute approximate surface area is 141 Å². The SMILES string of the molecule is O=C(Nc1nnc(-c2cccs2)o1)c1cccc(S(F)(F)(F)(F)F)c1. The molecule has 1 N–H and O–H groups in total. The first-order valence-corrected chi connectivity index (χ1v) is 9.28. The van der Waals surface area contributed by atoms with Gasteiger partial charge < -0.3 is 4.42 Å². The van der Waals surface area contributed by atoms with Crippen molar-refractivity contribution in [2.75, 3.05) is 5.32 Å². The first kappa shape index (κ1) is 17.4. The summed E-state index contributed by atoms with van der Waals surface area (Å²) in [5, 5.41) is 11.0. The average Bonchev–Trinajstić information content (AvgIpc) is 3.15. The summed E-state index contributed by atoms with van der Waals surface area (Å²) in [5.74, 6) is -0.990. The van der Waals surface area contributed by atoms with Crippen molar-refractivity contribution < 1.29 is 28.6 Å². The van der Waals surface area contributed by atoms with Crippen LogP contribution in [0.3, 0.4) is 0 Å². The molecule has 0 aliphatic rings. The number of nitrogens with zero attached hydrogens (tertiary/aromatic N) is 2. The predicted octanol–water partition coefficient (Wildman–Crippen LogP) is 5.71. The van der Waals surface area contributed by atoms with Crippen LogP contribution in [0.2, 0.25) is 0 Å². The molecule has 12 heteroatoms. The standard InChI is InChI=1S/C13H8F5N3O2S2/c14-25(15,16,17,18)9-4-1-3-8(7-9)11(22)19-13-21-20-12(23-13)10-5-2-6-24-10/h1-7H,(H,19,21,22). The van der Waals surface area contributed by atoms with E-state index in [0.717, 1.165) is 6.07 Å². The zero-order chi connectivity index (χ0) is 18.4. The lowest BCUT2D eigenvalue weighted by atomic mass is 10.2. The van der Waals surface area contributed by atoms with Crippen LogP contribution in [-0.2, 0) is 0 Å². The lowest BCUT2D eigenvalue weighted by Gasteiger charge is -2.40. The topological polar surface area (TPSA) is 68.0 Å². The highest BCUT2D eigenvalue weighted by Gasteiger charge is 2.65. The quantitative estimate of drug-likeness (QED) is 0.573. The lowest BCUT2D eigenvalue weighted by Crippen LogP contribution is -2.14. The van der Waals surface area contributed by atoms with E-state index in [-0.39, 0.29) is 24.0 Å². The fraction of sp³-hybridized carbons (Fsp3) is 0. The van der Waals surface area contributed by atoms with E-state index < -0.39 is 26.6 Å². The summed E-state index contributed by atoms with van der Waals surface area (Å²) in [6.07, 6.45) is 0. The van der Waals surface area contributed by atoms with Gasteiger partial charge in [0.15, 0.2) is 0 Å². The van der Waals surface area contributed by atoms with E-state index in [4.69, 9.17) is 4.42 Å². The number of thiophene rings is 1. The van der Waals surface area contributed by atoms with Crippen molar-refractivity contribution in [3.63, 3.8) is 0 Å². The third kappa shape index (κ3) is 3.96. The molecule has 0 saturated carbocycles. The molecule has 0 fully saturated rings. The highest BCUT2D eigenvalue weighted by molar-refractivity contribution is 8.45. The third-order valence-corrected chi connectivity index (χ3v) is 4.92. The van der Waals surface area contributed by atoms with E-state index in [1.54, 1.807) is 17.5 Å². The van der Waals surface area contributed by atoms with Crippen LogP contribution in [0.4, 0.5) is 25.4 Å². The lowest BCUT2D eigenvalue weighted by molar-refractivity contribution is 0.102. The molecule has 3 rings (SSSR count). The van der Waals surface area contributed by atoms with Gasteiger partial charge >= 0.3 is 16.2 Å². The Balaban J connectivity index is 1.83. The van der Waals surface area contributed by atoms with E-state index in [0.29, 0.717) is 10.9 Å². The van der Waals surface area contributed by atoms with E-state index in [1.807, 2.05) is 0 Å². The number of aromatic nitrogens is 2. The van der Waals surface area contributed by atoms with E-state index in [1.165, 1.54) is 11.3 Å². The van der Waals surface area contributed by atoms with Crippen LogP contribution >= 0.6 is 21.6 Å². The van der Waals surface area contributed by atoms with E-state index in [2.05, 4.69) is 15.5 Å². The zero-order valence-electron chi connectivity index (χ0n) is 12.0. The summed E-state index contributed by atoms with van der Waals surface area (Å²) in [6, 6.07) is 5.00. The summed E-state index contributed by atoms with van der Waals surface area (Å²) in [7, 11) is -9.88. The van der Waals surface area contributed by atoms with Crippen molar-refractivity contribution in [1.82, 2.24) is 10.2 Å². The second kappa shape index (κ2) is 5.02. The van der Waals surface area contributed by atoms with Crippen molar-refractivity contribution in [3.05, 3.63) is 47.3 Å². The number of anilines is 1. The van der Waals surface area contributed by atoms with Gasteiger partial charge in [0.05, 0.1) is 4.88 Å². The number of benzene rings is 1. The number of rotatable bonds is 4. The van der Waals surface area contributed by atoms with Gasteiger partial charge in [-0.15, -0.1) is 16.4 Å². The van der Waals surface area contributed by atoms with Crippen molar-refractivity contribution >= 4 is 33.5 Å². The molecule has 0 aliphatic carbocycles. The van der Waals surface area contributed by atoms with E-state index in [9.17, 15) is 24.2 Å². The van der Waals surface area contributed by atoms with Crippen LogP contribution < -0.4 is 5.32 Å². The van der Waals surface area contributed by atoms with Gasteiger partial charge in [0.2, 0.25) is 0 Å². The van der Waals surface area contributed by atoms with Gasteiger partial charge in [-0.1, -0.05) is 36.7 Å². The molecular weight excluding hydrogens is 389 g/mol. The van der Waals surface area contributed by atoms with Crippen LogP contribution in [0.15, 0.2) is 51.1 Å². The van der Waals surface area contributed by atoms with E-state index >= 15 is 0 Å². The second-order valence-corrected chi connectivity index (χ2v) is 8.20. The van der Waals surface area contributed by atoms with Gasteiger partial charge in [-0.3, -0.25) is 10.1 Å². The van der Waals surface area contributed by atoms with Crippen LogP contribution in [0, 0.1) is 0 Å². The number of amides is 1. The Morgan fingerprint density at radius 1 is 1.08 bits per heavy atom. The highest BCUT2D eigenvalue weighted by Crippen LogP contribution is 3.02. The van der Waals surface area contributed by atoms with Crippen molar-refractivity contribution in [2.45, 2.75) is 4.90 Å². The fourth-order valence-corrected chi connectivity index (χ4v) is 3.15. The number of hydrogen-bond acceptors (Lipinski definition) is 5. The maximum absolute atomic E-state index is 12.8. The molecule has 0 aliphatic heterocycles. The summed E-state index contributed by atoms with van der Waals surface area (Å²) in [6.45, 7) is 0. The second-order valence-electron chi connectivity index (χ2n) is 4.84. The minimum Gasteiger partial charge on any atom is -0.402 e. The van der Waals surface area contributed by atoms with Crippen molar-refractivity contribution in [1.29, 1.82) is 0 Å². The van der Waals surface area contributed by atoms with Gasteiger partial charge in [0.1, 0.15) is 4.90 Å². The first-order valence-electron chi connectivity index (χ1n) is 6.45. The van der Waals surface area contributed by atoms with Gasteiger partial charge in [0, 0.05) is 5.56 Å². The van der Waals surface area contributed by atoms with Crippen LogP contribution in [0.25, 0.3) is 10.8 Å². The van der Waals surface area contributed by atoms with Crippen molar-refractivity contribution in [2.24, 2.45) is 0 Å². The molecule has 2 heterocycles. The molecule has 2 aromatic heterocycles. The number of nitrogens with one attached hydrogen (secondary N) is 1. The Kier molecular flexibility index (Phi) is 3.48. The summed E-state index contributed by atoms with van der Waals surface area (Å²) >= 11 is 1.29. The molecule has 1 amide bonds.